The van der Waals surface area contributed by atoms with Gasteiger partial charge >= 0.3 is 0 Å². The van der Waals surface area contributed by atoms with Crippen LogP contribution in [0.4, 0.5) is 0 Å². The molecule has 0 saturated carbocycles. The van der Waals surface area contributed by atoms with Crippen LogP contribution in [0.5, 0.6) is 0 Å². The molecule has 1 aliphatic carbocycles. The summed E-state index contributed by atoms with van der Waals surface area (Å²) in [5, 5.41) is 2.81. The smallest absolute Gasteiger partial charge is 0.261 e. The molecule has 0 spiro atoms. The quantitative estimate of drug-likeness (QED) is 0.831. The summed E-state index contributed by atoms with van der Waals surface area (Å²) in [6, 6.07) is 5.52. The summed E-state index contributed by atoms with van der Waals surface area (Å²) in [6.07, 6.45) is 7.24. The number of carbonyl (C=O) groups excluding carboxylic acids is 1. The third-order valence-electron chi connectivity index (χ3n) is 4.05. The number of fused-ring (bicyclic) bond motifs is 1. The minimum absolute atomic E-state index is 0.221. The summed E-state index contributed by atoms with van der Waals surface area (Å²) in [5.41, 5.74) is 2.03. The first kappa shape index (κ1) is 14.6. The zero-order chi connectivity index (χ0) is 15.4. The third-order valence-corrected chi connectivity index (χ3v) is 4.05. The lowest BCUT2D eigenvalue weighted by atomic mass is 9.95. The molecule has 0 aliphatic heterocycles. The Balaban J connectivity index is 1.59. The van der Waals surface area contributed by atoms with Crippen molar-refractivity contribution in [3.05, 3.63) is 57.4 Å². The second-order valence-corrected chi connectivity index (χ2v) is 5.66. The highest BCUT2D eigenvalue weighted by molar-refractivity contribution is 5.94. The van der Waals surface area contributed by atoms with E-state index in [2.05, 4.69) is 10.3 Å². The summed E-state index contributed by atoms with van der Waals surface area (Å²) in [6.45, 7) is 0.524. The van der Waals surface area contributed by atoms with Crippen molar-refractivity contribution in [3.8, 4) is 0 Å². The highest BCUT2D eigenvalue weighted by Crippen LogP contribution is 2.18. The van der Waals surface area contributed by atoms with Gasteiger partial charge in [0.15, 0.2) is 0 Å². The highest BCUT2D eigenvalue weighted by Gasteiger charge is 2.16. The molecule has 0 unspecified atom stereocenters. The van der Waals surface area contributed by atoms with E-state index in [1.807, 2.05) is 12.1 Å². The van der Waals surface area contributed by atoms with E-state index in [9.17, 15) is 9.59 Å². The zero-order valence-corrected chi connectivity index (χ0v) is 12.5. The van der Waals surface area contributed by atoms with E-state index in [-0.39, 0.29) is 17.0 Å². The topological polar surface area (TPSA) is 75.1 Å². The van der Waals surface area contributed by atoms with Crippen molar-refractivity contribution in [1.29, 1.82) is 0 Å². The number of rotatable bonds is 5. The molecule has 2 aromatic rings. The number of furan rings is 1. The molecule has 2 N–H and O–H groups in total. The molecule has 22 heavy (non-hydrogen) atoms. The van der Waals surface area contributed by atoms with Crippen molar-refractivity contribution in [2.45, 2.75) is 38.5 Å². The second kappa shape index (κ2) is 6.64. The zero-order valence-electron chi connectivity index (χ0n) is 12.5. The largest absolute Gasteiger partial charge is 0.469 e. The molecule has 0 radical (unpaired) electrons. The molecule has 0 saturated heterocycles. The molecule has 2 aromatic heterocycles. The van der Waals surface area contributed by atoms with Crippen LogP contribution in [0, 0.1) is 0 Å². The van der Waals surface area contributed by atoms with Crippen LogP contribution in [0.25, 0.3) is 0 Å². The van der Waals surface area contributed by atoms with Crippen molar-refractivity contribution in [1.82, 2.24) is 10.3 Å². The van der Waals surface area contributed by atoms with Crippen molar-refractivity contribution in [2.24, 2.45) is 0 Å². The molecule has 3 rings (SSSR count). The fraction of sp³-hybridized carbons (Fsp3) is 0.412. The van der Waals surface area contributed by atoms with E-state index >= 15 is 0 Å². The molecular formula is C17H20N2O3. The molecule has 5 nitrogen and oxygen atoms in total. The average Bonchev–Trinajstić information content (AvgIpc) is 3.04. The van der Waals surface area contributed by atoms with Gasteiger partial charge in [0, 0.05) is 18.7 Å². The lowest BCUT2D eigenvalue weighted by Gasteiger charge is -2.15. The first-order chi connectivity index (χ1) is 10.7. The molecule has 1 aliphatic rings. The Labute approximate surface area is 128 Å². The molecular weight excluding hydrogens is 280 g/mol. The highest BCUT2D eigenvalue weighted by atomic mass is 16.3. The molecule has 0 fully saturated rings. The van der Waals surface area contributed by atoms with Crippen molar-refractivity contribution >= 4 is 5.91 Å². The molecule has 1 amide bonds. The van der Waals surface area contributed by atoms with E-state index < -0.39 is 0 Å². The number of hydrogen-bond acceptors (Lipinski definition) is 3. The van der Waals surface area contributed by atoms with Gasteiger partial charge in [0.05, 0.1) is 6.26 Å². The van der Waals surface area contributed by atoms with E-state index in [0.717, 1.165) is 55.5 Å². The maximum Gasteiger partial charge on any atom is 0.261 e. The number of carbonyl (C=O) groups is 1. The van der Waals surface area contributed by atoms with Crippen LogP contribution in [-0.4, -0.2) is 17.4 Å². The standard InChI is InChI=1S/C17H20N2O3/c20-16(18-9-3-6-13-7-4-10-22-13)14-11-12-5-1-2-8-15(12)19-17(14)21/h4,7,10-11H,1-3,5-6,8-9H2,(H,18,20)(H,19,21). The second-order valence-electron chi connectivity index (χ2n) is 5.66. The third kappa shape index (κ3) is 3.30. The normalized spacial score (nSPS) is 13.6. The van der Waals surface area contributed by atoms with Gasteiger partial charge in [-0.2, -0.15) is 0 Å². The van der Waals surface area contributed by atoms with E-state index in [4.69, 9.17) is 4.42 Å². The summed E-state index contributed by atoms with van der Waals surface area (Å²) in [4.78, 5) is 27.0. The lowest BCUT2D eigenvalue weighted by Crippen LogP contribution is -2.31. The first-order valence-corrected chi connectivity index (χ1v) is 7.79. The SMILES string of the molecule is O=C(NCCCc1ccco1)c1cc2c([nH]c1=O)CCCC2. The van der Waals surface area contributed by atoms with Crippen molar-refractivity contribution in [3.63, 3.8) is 0 Å². The predicted molar refractivity (Wildman–Crippen MR) is 83.1 cm³/mol. The summed E-state index contributed by atoms with van der Waals surface area (Å²) in [5.74, 6) is 0.606. The molecule has 5 heteroatoms. The van der Waals surface area contributed by atoms with Crippen LogP contribution in [-0.2, 0) is 19.3 Å². The molecule has 116 valence electrons. The minimum Gasteiger partial charge on any atom is -0.469 e. The van der Waals surface area contributed by atoms with Gasteiger partial charge in [-0.1, -0.05) is 0 Å². The Morgan fingerprint density at radius 1 is 1.32 bits per heavy atom. The fourth-order valence-electron chi connectivity index (χ4n) is 2.86. The van der Waals surface area contributed by atoms with Gasteiger partial charge in [0.1, 0.15) is 11.3 Å². The Morgan fingerprint density at radius 3 is 3.00 bits per heavy atom. The fourth-order valence-corrected chi connectivity index (χ4v) is 2.86. The van der Waals surface area contributed by atoms with Crippen LogP contribution in [0.15, 0.2) is 33.7 Å². The molecule has 0 aromatic carbocycles. The van der Waals surface area contributed by atoms with Gasteiger partial charge < -0.3 is 14.7 Å². The van der Waals surface area contributed by atoms with Crippen LogP contribution in [0.1, 0.15) is 46.6 Å². The Morgan fingerprint density at radius 2 is 2.18 bits per heavy atom. The maximum atomic E-state index is 12.2. The van der Waals surface area contributed by atoms with E-state index in [0.29, 0.717) is 6.54 Å². The van der Waals surface area contributed by atoms with Crippen LogP contribution >= 0.6 is 0 Å². The maximum absolute atomic E-state index is 12.2. The molecule has 0 atom stereocenters. The van der Waals surface area contributed by atoms with Crippen molar-refractivity contribution < 1.29 is 9.21 Å². The van der Waals surface area contributed by atoms with Crippen LogP contribution in [0.3, 0.4) is 0 Å². The number of H-pyrrole nitrogens is 1. The number of hydrogen-bond donors (Lipinski definition) is 2. The number of aromatic amines is 1. The predicted octanol–water partition coefficient (Wildman–Crippen LogP) is 2.21. The van der Waals surface area contributed by atoms with Gasteiger partial charge in [-0.05, 0) is 55.9 Å². The average molecular weight is 300 g/mol. The van der Waals surface area contributed by atoms with E-state index in [1.54, 1.807) is 12.3 Å². The number of aromatic nitrogens is 1. The van der Waals surface area contributed by atoms with Crippen molar-refractivity contribution in [2.75, 3.05) is 6.54 Å². The molecule has 2 heterocycles. The summed E-state index contributed by atoms with van der Waals surface area (Å²) >= 11 is 0. The number of pyridine rings is 1. The van der Waals surface area contributed by atoms with E-state index in [1.165, 1.54) is 0 Å². The van der Waals surface area contributed by atoms with Crippen LogP contribution < -0.4 is 10.9 Å². The Kier molecular flexibility index (Phi) is 4.42. The van der Waals surface area contributed by atoms with Crippen LogP contribution in [0.2, 0.25) is 0 Å². The summed E-state index contributed by atoms with van der Waals surface area (Å²) in [7, 11) is 0. The number of aryl methyl sites for hydroxylation is 3. The Hall–Kier alpha value is -2.30. The summed E-state index contributed by atoms with van der Waals surface area (Å²) < 4.78 is 5.24. The number of amides is 1. The minimum atomic E-state index is -0.297. The first-order valence-electron chi connectivity index (χ1n) is 7.79. The van der Waals surface area contributed by atoms with Gasteiger partial charge in [-0.3, -0.25) is 9.59 Å². The molecule has 0 bridgehead atoms. The number of nitrogens with one attached hydrogen (secondary N) is 2. The Bertz CT molecular complexity index is 701. The van der Waals surface area contributed by atoms with Gasteiger partial charge in [0.25, 0.3) is 11.5 Å². The monoisotopic (exact) mass is 300 g/mol. The van der Waals surface area contributed by atoms with Gasteiger partial charge in [0.2, 0.25) is 0 Å². The van der Waals surface area contributed by atoms with Gasteiger partial charge in [-0.25, -0.2) is 0 Å². The lowest BCUT2D eigenvalue weighted by molar-refractivity contribution is 0.0951. The van der Waals surface area contributed by atoms with Gasteiger partial charge in [-0.15, -0.1) is 0 Å².